The molecule has 0 bridgehead atoms. The van der Waals surface area contributed by atoms with Gasteiger partial charge in [0.25, 0.3) is 10.1 Å². The van der Waals surface area contributed by atoms with E-state index in [9.17, 15) is 13.0 Å². The Balaban J connectivity index is 2.44. The van der Waals surface area contributed by atoms with Crippen molar-refractivity contribution in [3.8, 4) is 0 Å². The number of benzene rings is 1. The van der Waals surface area contributed by atoms with E-state index >= 15 is 0 Å². The van der Waals surface area contributed by atoms with E-state index in [1.165, 1.54) is 121 Å². The predicted octanol–water partition coefficient (Wildman–Crippen LogP) is 10.2. The van der Waals surface area contributed by atoms with Crippen LogP contribution in [0.15, 0.2) is 17.0 Å². The van der Waals surface area contributed by atoms with E-state index in [4.69, 9.17) is 0 Å². The molecule has 4 heteroatoms. The van der Waals surface area contributed by atoms with Gasteiger partial charge in [-0.1, -0.05) is 135 Å². The predicted molar refractivity (Wildman–Crippen MR) is 152 cm³/mol. The van der Waals surface area contributed by atoms with Gasteiger partial charge in [0.2, 0.25) is 0 Å². The van der Waals surface area contributed by atoms with Crippen LogP contribution in [-0.4, -0.2) is 13.0 Å². The van der Waals surface area contributed by atoms with Crippen molar-refractivity contribution in [2.75, 3.05) is 0 Å². The third kappa shape index (κ3) is 15.1. The number of aryl methyl sites for hydroxylation is 1. The second-order valence-electron chi connectivity index (χ2n) is 10.7. The zero-order valence-corrected chi connectivity index (χ0v) is 24.2. The lowest BCUT2D eigenvalue weighted by Crippen LogP contribution is -2.07. The summed E-state index contributed by atoms with van der Waals surface area (Å²) in [5.74, 6) is 0. The molecule has 0 fully saturated rings. The molecule has 0 aromatic heterocycles. The molecule has 3 nitrogen and oxygen atoms in total. The highest BCUT2D eigenvalue weighted by Gasteiger charge is 2.18. The summed E-state index contributed by atoms with van der Waals surface area (Å²) in [6.45, 7) is 6.40. The summed E-state index contributed by atoms with van der Waals surface area (Å²) in [4.78, 5) is 0.0893. The minimum Gasteiger partial charge on any atom is -0.282 e. The molecule has 0 unspecified atom stereocenters. The Labute approximate surface area is 218 Å². The molecule has 0 aliphatic heterocycles. The Hall–Kier alpha value is -0.870. The smallest absolute Gasteiger partial charge is 0.282 e. The normalized spacial score (nSPS) is 11.9. The largest absolute Gasteiger partial charge is 0.294 e. The maximum Gasteiger partial charge on any atom is 0.294 e. The molecule has 35 heavy (non-hydrogen) atoms. The van der Waals surface area contributed by atoms with Gasteiger partial charge in [0.1, 0.15) is 0 Å². The van der Waals surface area contributed by atoms with Crippen molar-refractivity contribution in [2.24, 2.45) is 0 Å². The summed E-state index contributed by atoms with van der Waals surface area (Å²) >= 11 is 0. The van der Waals surface area contributed by atoms with Crippen LogP contribution in [0.1, 0.15) is 159 Å². The molecular weight excluding hydrogens is 452 g/mol. The highest BCUT2D eigenvalue weighted by atomic mass is 32.2. The van der Waals surface area contributed by atoms with Crippen LogP contribution in [0.2, 0.25) is 0 Å². The minimum atomic E-state index is -4.17. The highest BCUT2D eigenvalue weighted by Crippen LogP contribution is 2.26. The maximum atomic E-state index is 11.9. The molecule has 0 saturated carbocycles. The molecule has 0 radical (unpaired) electrons. The van der Waals surface area contributed by atoms with Crippen LogP contribution >= 0.6 is 0 Å². The van der Waals surface area contributed by atoms with Crippen molar-refractivity contribution in [1.82, 2.24) is 0 Å². The van der Waals surface area contributed by atoms with Gasteiger partial charge in [0.15, 0.2) is 0 Å². The van der Waals surface area contributed by atoms with E-state index in [0.29, 0.717) is 0 Å². The van der Waals surface area contributed by atoms with E-state index in [1.54, 1.807) is 6.07 Å². The monoisotopic (exact) mass is 508 g/mol. The molecule has 1 rings (SSSR count). The molecule has 0 aliphatic rings. The van der Waals surface area contributed by atoms with E-state index in [-0.39, 0.29) is 4.90 Å². The van der Waals surface area contributed by atoms with Gasteiger partial charge >= 0.3 is 0 Å². The molecule has 0 spiro atoms. The first-order valence-corrected chi connectivity index (χ1v) is 16.4. The summed E-state index contributed by atoms with van der Waals surface area (Å²) in [7, 11) is -4.17. The van der Waals surface area contributed by atoms with E-state index in [0.717, 1.165) is 36.8 Å². The van der Waals surface area contributed by atoms with Gasteiger partial charge in [-0.2, -0.15) is 8.42 Å². The first-order valence-electron chi connectivity index (χ1n) is 15.0. The van der Waals surface area contributed by atoms with E-state index < -0.39 is 10.1 Å². The Morgan fingerprint density at radius 1 is 0.571 bits per heavy atom. The Morgan fingerprint density at radius 2 is 0.943 bits per heavy atom. The van der Waals surface area contributed by atoms with Gasteiger partial charge in [-0.15, -0.1) is 0 Å². The summed E-state index contributed by atoms with van der Waals surface area (Å²) in [5, 5.41) is 0. The average Bonchev–Trinajstić information content (AvgIpc) is 2.82. The van der Waals surface area contributed by atoms with Gasteiger partial charge in [-0.25, -0.2) is 0 Å². The van der Waals surface area contributed by atoms with E-state index in [2.05, 4.69) is 13.8 Å². The van der Waals surface area contributed by atoms with Gasteiger partial charge in [0, 0.05) is 0 Å². The number of rotatable bonds is 23. The molecule has 0 heterocycles. The third-order valence-electron chi connectivity index (χ3n) is 7.50. The van der Waals surface area contributed by atoms with Crippen LogP contribution in [0.4, 0.5) is 0 Å². The van der Waals surface area contributed by atoms with Crippen LogP contribution in [0.5, 0.6) is 0 Å². The molecule has 0 atom stereocenters. The molecule has 1 aromatic rings. The Morgan fingerprint density at radius 3 is 1.34 bits per heavy atom. The van der Waals surface area contributed by atoms with Crippen molar-refractivity contribution in [2.45, 2.75) is 167 Å². The quantitative estimate of drug-likeness (QED) is 0.118. The molecule has 0 aliphatic carbocycles. The van der Waals surface area contributed by atoms with Crippen LogP contribution in [0.25, 0.3) is 0 Å². The zero-order chi connectivity index (χ0) is 25.8. The first-order chi connectivity index (χ1) is 16.9. The molecule has 1 N–H and O–H groups in total. The molecule has 204 valence electrons. The van der Waals surface area contributed by atoms with Crippen molar-refractivity contribution >= 4 is 10.1 Å². The molecule has 1 aromatic carbocycles. The topological polar surface area (TPSA) is 54.4 Å². The second kappa shape index (κ2) is 20.2. The fourth-order valence-electron chi connectivity index (χ4n) is 5.25. The van der Waals surface area contributed by atoms with E-state index in [1.807, 2.05) is 13.0 Å². The minimum absolute atomic E-state index is 0.0893. The van der Waals surface area contributed by atoms with Crippen molar-refractivity contribution in [1.29, 1.82) is 0 Å². The summed E-state index contributed by atoms with van der Waals surface area (Å²) in [5.41, 5.74) is 3.20. The van der Waals surface area contributed by atoms with Gasteiger partial charge < -0.3 is 0 Å². The van der Waals surface area contributed by atoms with Crippen molar-refractivity contribution < 1.29 is 13.0 Å². The number of hydrogen-bond donors (Lipinski definition) is 1. The fraction of sp³-hybridized carbons (Fsp3) is 0.806. The summed E-state index contributed by atoms with van der Waals surface area (Å²) in [6.07, 6.45) is 28.1. The Kier molecular flexibility index (Phi) is 18.6. The SMILES string of the molecule is CCCCCCCCCCCCc1ccc(S(=O)(=O)O)c(C)c1CCCCCCCCCCCC. The molecule has 0 saturated heterocycles. The molecular formula is C31H56O3S. The van der Waals surface area contributed by atoms with Gasteiger partial charge in [0.05, 0.1) is 4.90 Å². The maximum absolute atomic E-state index is 11.9. The van der Waals surface area contributed by atoms with Crippen molar-refractivity contribution in [3.63, 3.8) is 0 Å². The number of hydrogen-bond acceptors (Lipinski definition) is 2. The average molecular weight is 509 g/mol. The Bertz CT molecular complexity index is 755. The van der Waals surface area contributed by atoms with Crippen LogP contribution in [0.3, 0.4) is 0 Å². The number of unbranched alkanes of at least 4 members (excludes halogenated alkanes) is 18. The summed E-state index contributed by atoms with van der Waals surface area (Å²) < 4.78 is 33.4. The first kappa shape index (κ1) is 32.2. The third-order valence-corrected chi connectivity index (χ3v) is 8.50. The van der Waals surface area contributed by atoms with Crippen LogP contribution < -0.4 is 0 Å². The highest BCUT2D eigenvalue weighted by molar-refractivity contribution is 7.85. The lowest BCUT2D eigenvalue weighted by Gasteiger charge is -2.16. The zero-order valence-electron chi connectivity index (χ0n) is 23.4. The standard InChI is InChI=1S/C31H56O3S/c1-4-6-8-10-12-14-16-18-20-22-24-29-26-27-31(35(32,33)34)28(3)30(29)25-23-21-19-17-15-13-11-9-7-5-2/h26-27H,4-25H2,1-3H3,(H,32,33,34). The van der Waals surface area contributed by atoms with Crippen LogP contribution in [-0.2, 0) is 23.0 Å². The van der Waals surface area contributed by atoms with Crippen molar-refractivity contribution in [3.05, 3.63) is 28.8 Å². The fourth-order valence-corrected chi connectivity index (χ4v) is 6.00. The summed E-state index contributed by atoms with van der Waals surface area (Å²) in [6, 6.07) is 3.56. The van der Waals surface area contributed by atoms with Gasteiger partial charge in [-0.05, 0) is 55.4 Å². The lowest BCUT2D eigenvalue weighted by molar-refractivity contribution is 0.482. The van der Waals surface area contributed by atoms with Gasteiger partial charge in [-0.3, -0.25) is 4.55 Å². The second-order valence-corrected chi connectivity index (χ2v) is 12.1. The lowest BCUT2D eigenvalue weighted by atomic mass is 9.93. The van der Waals surface area contributed by atoms with Crippen LogP contribution in [0, 0.1) is 6.92 Å². The molecule has 0 amide bonds.